The predicted octanol–water partition coefficient (Wildman–Crippen LogP) is 3.59. The SMILES string of the molecule is CC(C)(O)Cn1cc(Nc2ncc3cc(Cl)c(N4C[C@H]5CC[C@@H](C4)[C@@]5(C)O)cc3n2)cn1. The van der Waals surface area contributed by atoms with Gasteiger partial charge in [-0.25, -0.2) is 9.97 Å². The maximum Gasteiger partial charge on any atom is 0.227 e. The number of nitrogens with zero attached hydrogens (tertiary/aromatic N) is 5. The third-order valence-electron chi connectivity index (χ3n) is 6.83. The van der Waals surface area contributed by atoms with Gasteiger partial charge < -0.3 is 20.4 Å². The van der Waals surface area contributed by atoms with Crippen molar-refractivity contribution in [3.05, 3.63) is 35.7 Å². The Morgan fingerprint density at radius 3 is 2.62 bits per heavy atom. The van der Waals surface area contributed by atoms with E-state index >= 15 is 0 Å². The normalized spacial score (nSPS) is 25.5. The summed E-state index contributed by atoms with van der Waals surface area (Å²) in [5.74, 6) is 0.988. The molecule has 5 rings (SSSR count). The van der Waals surface area contributed by atoms with E-state index in [2.05, 4.69) is 25.3 Å². The topological polar surface area (TPSA) is 99.3 Å². The Balaban J connectivity index is 1.39. The van der Waals surface area contributed by atoms with Crippen LogP contribution in [-0.2, 0) is 6.54 Å². The zero-order chi connectivity index (χ0) is 22.7. The minimum Gasteiger partial charge on any atom is -0.389 e. The fourth-order valence-electron chi connectivity index (χ4n) is 5.06. The minimum absolute atomic E-state index is 0.260. The number of aromatic nitrogens is 4. The molecule has 3 N–H and O–H groups in total. The molecule has 1 aliphatic heterocycles. The number of hydrogen-bond acceptors (Lipinski definition) is 7. The second kappa shape index (κ2) is 7.57. The van der Waals surface area contributed by atoms with Gasteiger partial charge in [0.1, 0.15) is 0 Å². The Bertz CT molecular complexity index is 1140. The molecule has 9 heteroatoms. The molecule has 0 unspecified atom stereocenters. The summed E-state index contributed by atoms with van der Waals surface area (Å²) < 4.78 is 1.68. The lowest BCUT2D eigenvalue weighted by Gasteiger charge is -2.43. The van der Waals surface area contributed by atoms with Crippen molar-refractivity contribution < 1.29 is 10.2 Å². The molecule has 32 heavy (non-hydrogen) atoms. The Kier molecular flexibility index (Phi) is 5.07. The number of halogens is 1. The van der Waals surface area contributed by atoms with Gasteiger partial charge in [-0.05, 0) is 45.7 Å². The summed E-state index contributed by atoms with van der Waals surface area (Å²) >= 11 is 6.64. The number of fused-ring (bicyclic) bond motifs is 3. The molecule has 3 heterocycles. The van der Waals surface area contributed by atoms with Crippen LogP contribution < -0.4 is 10.2 Å². The third kappa shape index (κ3) is 4.02. The average molecular weight is 457 g/mol. The van der Waals surface area contributed by atoms with E-state index < -0.39 is 11.2 Å². The van der Waals surface area contributed by atoms with Gasteiger partial charge in [0.15, 0.2) is 0 Å². The number of hydrogen-bond donors (Lipinski definition) is 3. The molecule has 0 amide bonds. The van der Waals surface area contributed by atoms with E-state index in [1.807, 2.05) is 25.3 Å². The summed E-state index contributed by atoms with van der Waals surface area (Å²) in [4.78, 5) is 11.4. The molecule has 2 aromatic heterocycles. The highest BCUT2D eigenvalue weighted by atomic mass is 35.5. The van der Waals surface area contributed by atoms with Crippen molar-refractivity contribution in [3.8, 4) is 0 Å². The zero-order valence-electron chi connectivity index (χ0n) is 18.6. The van der Waals surface area contributed by atoms with E-state index in [9.17, 15) is 10.2 Å². The molecule has 1 saturated carbocycles. The van der Waals surface area contributed by atoms with Crippen LogP contribution in [0.3, 0.4) is 0 Å². The van der Waals surface area contributed by atoms with Crippen molar-refractivity contribution in [1.82, 2.24) is 19.7 Å². The average Bonchev–Trinajstić information content (AvgIpc) is 3.13. The smallest absolute Gasteiger partial charge is 0.227 e. The number of anilines is 3. The molecule has 0 spiro atoms. The monoisotopic (exact) mass is 456 g/mol. The van der Waals surface area contributed by atoms with Gasteiger partial charge in [-0.3, -0.25) is 4.68 Å². The number of piperidine rings is 1. The third-order valence-corrected chi connectivity index (χ3v) is 7.13. The van der Waals surface area contributed by atoms with Crippen LogP contribution in [0.5, 0.6) is 0 Å². The van der Waals surface area contributed by atoms with E-state index in [4.69, 9.17) is 11.6 Å². The Morgan fingerprint density at radius 1 is 1.22 bits per heavy atom. The quantitative estimate of drug-likeness (QED) is 0.539. The van der Waals surface area contributed by atoms with Gasteiger partial charge >= 0.3 is 0 Å². The zero-order valence-corrected chi connectivity index (χ0v) is 19.3. The number of aliphatic hydroxyl groups is 2. The highest BCUT2D eigenvalue weighted by molar-refractivity contribution is 6.34. The largest absolute Gasteiger partial charge is 0.389 e. The standard InChI is InChI=1S/C23H29ClN6O2/c1-22(2,31)13-30-12-17(9-26-30)27-21-25-8-14-6-18(24)20(7-19(14)28-21)29-10-15-4-5-16(11-29)23(15,3)32/h6-9,12,15-16,31-32H,4-5,10-11,13H2,1-3H3,(H,25,27,28)/t15-,16+,23+. The Hall–Kier alpha value is -2.42. The first kappa shape index (κ1) is 21.4. The van der Waals surface area contributed by atoms with Crippen molar-refractivity contribution in [2.45, 2.75) is 51.4 Å². The van der Waals surface area contributed by atoms with E-state index in [0.717, 1.165) is 48.2 Å². The van der Waals surface area contributed by atoms with E-state index in [0.29, 0.717) is 17.5 Å². The molecule has 8 nitrogen and oxygen atoms in total. The van der Waals surface area contributed by atoms with Gasteiger partial charge in [-0.15, -0.1) is 0 Å². The van der Waals surface area contributed by atoms with Crippen molar-refractivity contribution in [1.29, 1.82) is 0 Å². The van der Waals surface area contributed by atoms with Crippen LogP contribution in [0.1, 0.15) is 33.6 Å². The second-order valence-corrected chi connectivity index (χ2v) is 10.4. The summed E-state index contributed by atoms with van der Waals surface area (Å²) in [7, 11) is 0. The summed E-state index contributed by atoms with van der Waals surface area (Å²) in [6.07, 6.45) is 7.36. The molecule has 3 aromatic rings. The summed E-state index contributed by atoms with van der Waals surface area (Å²) in [6.45, 7) is 7.44. The summed E-state index contributed by atoms with van der Waals surface area (Å²) in [5, 5.41) is 29.8. The number of rotatable bonds is 5. The number of nitrogens with one attached hydrogen (secondary N) is 1. The Labute approximate surface area is 192 Å². The van der Waals surface area contributed by atoms with Crippen molar-refractivity contribution >= 4 is 39.8 Å². The predicted molar refractivity (Wildman–Crippen MR) is 125 cm³/mol. The van der Waals surface area contributed by atoms with E-state index in [-0.39, 0.29) is 11.8 Å². The van der Waals surface area contributed by atoms with E-state index in [1.54, 1.807) is 30.9 Å². The van der Waals surface area contributed by atoms with E-state index in [1.165, 1.54) is 0 Å². The fourth-order valence-corrected chi connectivity index (χ4v) is 5.35. The van der Waals surface area contributed by atoms with Gasteiger partial charge in [0, 0.05) is 42.7 Å². The minimum atomic E-state index is -0.847. The molecule has 2 bridgehead atoms. The van der Waals surface area contributed by atoms with Crippen LogP contribution in [0.4, 0.5) is 17.3 Å². The van der Waals surface area contributed by atoms with Gasteiger partial charge in [-0.2, -0.15) is 5.10 Å². The molecular weight excluding hydrogens is 428 g/mol. The first-order valence-corrected chi connectivity index (χ1v) is 11.4. The molecule has 170 valence electrons. The van der Waals surface area contributed by atoms with Gasteiger partial charge in [0.25, 0.3) is 0 Å². The van der Waals surface area contributed by atoms with Crippen LogP contribution in [-0.4, -0.2) is 54.3 Å². The van der Waals surface area contributed by atoms with Gasteiger partial charge in [0.2, 0.25) is 5.95 Å². The number of benzene rings is 1. The van der Waals surface area contributed by atoms with Crippen LogP contribution in [0, 0.1) is 11.8 Å². The lowest BCUT2D eigenvalue weighted by Crippen LogP contribution is -2.52. The maximum absolute atomic E-state index is 10.8. The highest BCUT2D eigenvalue weighted by Crippen LogP contribution is 2.47. The first-order chi connectivity index (χ1) is 15.1. The molecule has 1 aliphatic carbocycles. The van der Waals surface area contributed by atoms with Crippen molar-refractivity contribution in [2.75, 3.05) is 23.3 Å². The highest BCUT2D eigenvalue weighted by Gasteiger charge is 2.49. The molecular formula is C23H29ClN6O2. The van der Waals surface area contributed by atoms with Gasteiger partial charge in [0.05, 0.1) is 45.9 Å². The lowest BCUT2D eigenvalue weighted by atomic mass is 9.82. The Morgan fingerprint density at radius 2 is 1.94 bits per heavy atom. The van der Waals surface area contributed by atoms with Crippen LogP contribution in [0.15, 0.2) is 30.7 Å². The fraction of sp³-hybridized carbons (Fsp3) is 0.522. The lowest BCUT2D eigenvalue weighted by molar-refractivity contribution is -0.0271. The van der Waals surface area contributed by atoms with Crippen LogP contribution >= 0.6 is 11.6 Å². The molecule has 2 aliphatic rings. The molecule has 0 radical (unpaired) electrons. The van der Waals surface area contributed by atoms with Crippen molar-refractivity contribution in [3.63, 3.8) is 0 Å². The summed E-state index contributed by atoms with van der Waals surface area (Å²) in [6, 6.07) is 3.92. The van der Waals surface area contributed by atoms with Crippen LogP contribution in [0.2, 0.25) is 5.02 Å². The summed E-state index contributed by atoms with van der Waals surface area (Å²) in [5.41, 5.74) is 1.07. The molecule has 1 saturated heterocycles. The van der Waals surface area contributed by atoms with Crippen molar-refractivity contribution in [2.24, 2.45) is 11.8 Å². The maximum atomic E-state index is 10.8. The second-order valence-electron chi connectivity index (χ2n) is 10.0. The molecule has 2 fully saturated rings. The molecule has 1 aromatic carbocycles. The first-order valence-electron chi connectivity index (χ1n) is 11.0. The molecule has 3 atom stereocenters. The van der Waals surface area contributed by atoms with Gasteiger partial charge in [-0.1, -0.05) is 11.6 Å². The van der Waals surface area contributed by atoms with Crippen LogP contribution in [0.25, 0.3) is 10.9 Å².